The summed E-state index contributed by atoms with van der Waals surface area (Å²) >= 11 is 13.7. The van der Waals surface area contributed by atoms with Crippen molar-refractivity contribution >= 4 is 51.3 Å². The second-order valence-electron chi connectivity index (χ2n) is 5.41. The SMILES string of the molecule is COCc1cccc(Nc2sc(-c3cc(Cl)ccc3Cl)cc2C(N)=O)n1. The molecule has 0 aliphatic carbocycles. The number of hydrogen-bond acceptors (Lipinski definition) is 5. The van der Waals surface area contributed by atoms with Crippen LogP contribution in [0.2, 0.25) is 10.0 Å². The maximum atomic E-state index is 11.9. The van der Waals surface area contributed by atoms with Gasteiger partial charge >= 0.3 is 0 Å². The van der Waals surface area contributed by atoms with Crippen LogP contribution in [0.1, 0.15) is 16.1 Å². The Hall–Kier alpha value is -2.12. The number of pyridine rings is 1. The summed E-state index contributed by atoms with van der Waals surface area (Å²) in [5, 5.41) is 4.84. The van der Waals surface area contributed by atoms with Gasteiger partial charge < -0.3 is 15.8 Å². The Morgan fingerprint density at radius 2 is 2.08 bits per heavy atom. The molecule has 0 aliphatic heterocycles. The molecule has 1 amide bonds. The highest BCUT2D eigenvalue weighted by atomic mass is 35.5. The number of anilines is 2. The van der Waals surface area contributed by atoms with Crippen LogP contribution in [0.5, 0.6) is 0 Å². The van der Waals surface area contributed by atoms with Crippen molar-refractivity contribution in [3.63, 3.8) is 0 Å². The van der Waals surface area contributed by atoms with Crippen molar-refractivity contribution in [1.29, 1.82) is 0 Å². The van der Waals surface area contributed by atoms with Crippen LogP contribution in [0, 0.1) is 0 Å². The van der Waals surface area contributed by atoms with Crippen LogP contribution in [0.3, 0.4) is 0 Å². The molecule has 3 N–H and O–H groups in total. The summed E-state index contributed by atoms with van der Waals surface area (Å²) in [5.74, 6) is 0.0498. The molecule has 0 fully saturated rings. The number of halogens is 2. The third-order valence-corrected chi connectivity index (χ3v) is 5.18. The first kappa shape index (κ1) is 18.7. The van der Waals surface area contributed by atoms with Crippen LogP contribution in [0.15, 0.2) is 42.5 Å². The number of ether oxygens (including phenoxy) is 1. The first-order valence-corrected chi connectivity index (χ1v) is 9.16. The van der Waals surface area contributed by atoms with Gasteiger partial charge in [-0.1, -0.05) is 29.3 Å². The van der Waals surface area contributed by atoms with Crippen LogP contribution in [-0.4, -0.2) is 18.0 Å². The smallest absolute Gasteiger partial charge is 0.251 e. The number of rotatable bonds is 6. The molecule has 0 radical (unpaired) electrons. The predicted octanol–water partition coefficient (Wildman–Crippen LogP) is 5.11. The number of thiophene rings is 1. The Bertz CT molecular complexity index is 959. The van der Waals surface area contributed by atoms with Crippen LogP contribution in [0.4, 0.5) is 10.8 Å². The third-order valence-electron chi connectivity index (χ3n) is 3.53. The summed E-state index contributed by atoms with van der Waals surface area (Å²) in [7, 11) is 1.60. The van der Waals surface area contributed by atoms with Crippen molar-refractivity contribution in [1.82, 2.24) is 4.98 Å². The van der Waals surface area contributed by atoms with Crippen LogP contribution < -0.4 is 11.1 Å². The molecule has 134 valence electrons. The van der Waals surface area contributed by atoms with E-state index in [4.69, 9.17) is 33.7 Å². The van der Waals surface area contributed by atoms with Crippen molar-refractivity contribution in [3.8, 4) is 10.4 Å². The molecule has 0 aliphatic rings. The second kappa shape index (κ2) is 8.05. The zero-order chi connectivity index (χ0) is 18.7. The lowest BCUT2D eigenvalue weighted by Crippen LogP contribution is -2.11. The number of nitrogens with one attached hydrogen (secondary N) is 1. The van der Waals surface area contributed by atoms with Gasteiger partial charge in [0.05, 0.1) is 17.9 Å². The zero-order valence-corrected chi connectivity index (χ0v) is 16.1. The number of aromatic nitrogens is 1. The minimum atomic E-state index is -0.541. The van der Waals surface area contributed by atoms with E-state index in [0.717, 1.165) is 16.1 Å². The minimum Gasteiger partial charge on any atom is -0.378 e. The Labute approximate surface area is 164 Å². The molecule has 1 aromatic carbocycles. The van der Waals surface area contributed by atoms with Gasteiger partial charge in [-0.2, -0.15) is 0 Å². The van der Waals surface area contributed by atoms with E-state index in [0.29, 0.717) is 33.0 Å². The van der Waals surface area contributed by atoms with Crippen LogP contribution in [0.25, 0.3) is 10.4 Å². The van der Waals surface area contributed by atoms with Crippen molar-refractivity contribution in [2.45, 2.75) is 6.61 Å². The number of methoxy groups -OCH3 is 1. The highest BCUT2D eigenvalue weighted by molar-refractivity contribution is 7.20. The first-order chi connectivity index (χ1) is 12.5. The number of nitrogens with two attached hydrogens (primary N) is 1. The van der Waals surface area contributed by atoms with Gasteiger partial charge in [-0.05, 0) is 36.4 Å². The Morgan fingerprint density at radius 3 is 2.81 bits per heavy atom. The lowest BCUT2D eigenvalue weighted by Gasteiger charge is -2.06. The number of carbonyl (C=O) groups is 1. The quantitative estimate of drug-likeness (QED) is 0.595. The zero-order valence-electron chi connectivity index (χ0n) is 13.8. The molecule has 26 heavy (non-hydrogen) atoms. The Morgan fingerprint density at radius 1 is 1.27 bits per heavy atom. The molecule has 5 nitrogen and oxygen atoms in total. The summed E-state index contributed by atoms with van der Waals surface area (Å²) in [4.78, 5) is 17.1. The number of benzene rings is 1. The average Bonchev–Trinajstić information content (AvgIpc) is 3.01. The van der Waals surface area contributed by atoms with Crippen molar-refractivity contribution in [3.05, 3.63) is 63.8 Å². The minimum absolute atomic E-state index is 0.361. The van der Waals surface area contributed by atoms with E-state index in [-0.39, 0.29) is 0 Å². The normalized spacial score (nSPS) is 10.7. The molecule has 3 rings (SSSR count). The standard InChI is InChI=1S/C18H15Cl2N3O2S/c1-25-9-11-3-2-4-16(22-11)23-18-13(17(21)24)8-15(26-18)12-7-10(19)5-6-14(12)20/h2-8H,9H2,1H3,(H2,21,24)(H,22,23). The second-order valence-corrected chi connectivity index (χ2v) is 7.31. The molecule has 2 aromatic heterocycles. The van der Waals surface area contributed by atoms with E-state index in [2.05, 4.69) is 10.3 Å². The molecule has 0 atom stereocenters. The summed E-state index contributed by atoms with van der Waals surface area (Å²) in [6.45, 7) is 0.395. The van der Waals surface area contributed by atoms with E-state index in [1.54, 1.807) is 37.4 Å². The van der Waals surface area contributed by atoms with E-state index >= 15 is 0 Å². The van der Waals surface area contributed by atoms with Gasteiger partial charge in [0, 0.05) is 27.6 Å². The van der Waals surface area contributed by atoms with E-state index < -0.39 is 5.91 Å². The molecular weight excluding hydrogens is 393 g/mol. The van der Waals surface area contributed by atoms with Crippen molar-refractivity contribution in [2.24, 2.45) is 5.73 Å². The number of amides is 1. The average molecular weight is 408 g/mol. The van der Waals surface area contributed by atoms with E-state index in [1.807, 2.05) is 12.1 Å². The van der Waals surface area contributed by atoms with E-state index in [9.17, 15) is 4.79 Å². The van der Waals surface area contributed by atoms with E-state index in [1.165, 1.54) is 11.3 Å². The molecule has 3 aromatic rings. The maximum Gasteiger partial charge on any atom is 0.251 e. The fourth-order valence-corrected chi connectivity index (χ4v) is 3.93. The van der Waals surface area contributed by atoms with Gasteiger partial charge in [0.2, 0.25) is 0 Å². The van der Waals surface area contributed by atoms with Crippen molar-refractivity contribution < 1.29 is 9.53 Å². The number of primary amides is 1. The molecule has 0 unspecified atom stereocenters. The monoisotopic (exact) mass is 407 g/mol. The highest BCUT2D eigenvalue weighted by Crippen LogP contribution is 2.40. The lowest BCUT2D eigenvalue weighted by atomic mass is 10.1. The van der Waals surface area contributed by atoms with Gasteiger partial charge in [-0.3, -0.25) is 4.79 Å². The van der Waals surface area contributed by atoms with Gasteiger partial charge in [0.15, 0.2) is 0 Å². The van der Waals surface area contributed by atoms with Crippen molar-refractivity contribution in [2.75, 3.05) is 12.4 Å². The largest absolute Gasteiger partial charge is 0.378 e. The molecule has 0 spiro atoms. The van der Waals surface area contributed by atoms with Crippen LogP contribution in [-0.2, 0) is 11.3 Å². The lowest BCUT2D eigenvalue weighted by molar-refractivity contribution is 0.100. The fourth-order valence-electron chi connectivity index (χ4n) is 2.38. The number of nitrogens with zero attached hydrogens (tertiary/aromatic N) is 1. The number of carbonyl (C=O) groups excluding carboxylic acids is 1. The molecule has 8 heteroatoms. The summed E-state index contributed by atoms with van der Waals surface area (Å²) in [6.07, 6.45) is 0. The third kappa shape index (κ3) is 4.16. The van der Waals surface area contributed by atoms with Gasteiger partial charge in [-0.15, -0.1) is 11.3 Å². The summed E-state index contributed by atoms with van der Waals surface area (Å²) < 4.78 is 5.09. The molecule has 0 saturated heterocycles. The molecule has 0 bridgehead atoms. The van der Waals surface area contributed by atoms with Gasteiger partial charge in [0.25, 0.3) is 5.91 Å². The molecular formula is C18H15Cl2N3O2S. The topological polar surface area (TPSA) is 77.2 Å². The van der Waals surface area contributed by atoms with Crippen LogP contribution >= 0.6 is 34.5 Å². The maximum absolute atomic E-state index is 11.9. The first-order valence-electron chi connectivity index (χ1n) is 7.59. The summed E-state index contributed by atoms with van der Waals surface area (Å²) in [6, 6.07) is 12.4. The highest BCUT2D eigenvalue weighted by Gasteiger charge is 2.17. The van der Waals surface area contributed by atoms with Gasteiger partial charge in [0.1, 0.15) is 10.8 Å². The Balaban J connectivity index is 1.99. The molecule has 0 saturated carbocycles. The Kier molecular flexibility index (Phi) is 5.78. The summed E-state index contributed by atoms with van der Waals surface area (Å²) in [5.41, 5.74) is 7.40. The van der Waals surface area contributed by atoms with Gasteiger partial charge in [-0.25, -0.2) is 4.98 Å². The molecule has 2 heterocycles. The number of hydrogen-bond donors (Lipinski definition) is 2. The predicted molar refractivity (Wildman–Crippen MR) is 107 cm³/mol. The fraction of sp³-hybridized carbons (Fsp3) is 0.111.